The quantitative estimate of drug-likeness (QED) is 0.547. The fourth-order valence-corrected chi connectivity index (χ4v) is 4.35. The minimum Gasteiger partial charge on any atom is -0.484 e. The Labute approximate surface area is 183 Å². The van der Waals surface area contributed by atoms with E-state index < -0.39 is 10.0 Å². The number of hydrogen-bond donors (Lipinski definition) is 2. The summed E-state index contributed by atoms with van der Waals surface area (Å²) in [5.74, 6) is 0.118. The lowest BCUT2D eigenvalue weighted by atomic mass is 10.1. The Morgan fingerprint density at radius 1 is 0.968 bits per heavy atom. The first-order chi connectivity index (χ1) is 14.7. The average molecular weight is 439 g/mol. The summed E-state index contributed by atoms with van der Waals surface area (Å²) in [5, 5.41) is 2.81. The van der Waals surface area contributed by atoms with Crippen LogP contribution < -0.4 is 14.8 Å². The molecule has 0 aromatic heterocycles. The van der Waals surface area contributed by atoms with Crippen LogP contribution in [0.1, 0.15) is 29.7 Å². The highest BCUT2D eigenvalue weighted by Gasteiger charge is 2.18. The van der Waals surface area contributed by atoms with E-state index in [0.717, 1.165) is 22.4 Å². The second-order valence-electron chi connectivity index (χ2n) is 7.38. The Morgan fingerprint density at radius 2 is 1.65 bits per heavy atom. The van der Waals surface area contributed by atoms with Crippen LogP contribution in [0.5, 0.6) is 5.75 Å². The van der Waals surface area contributed by atoms with Gasteiger partial charge in [0.05, 0.1) is 4.90 Å². The van der Waals surface area contributed by atoms with Crippen LogP contribution in [-0.4, -0.2) is 20.9 Å². The maximum atomic E-state index is 12.6. The molecule has 7 heteroatoms. The second kappa shape index (κ2) is 9.76. The first kappa shape index (κ1) is 22.5. The van der Waals surface area contributed by atoms with Crippen molar-refractivity contribution < 1.29 is 17.9 Å². The number of anilines is 1. The molecular weight excluding hydrogens is 412 g/mol. The molecule has 0 aliphatic rings. The third kappa shape index (κ3) is 6.16. The molecule has 0 aliphatic heterocycles. The summed E-state index contributed by atoms with van der Waals surface area (Å²) < 4.78 is 33.4. The molecule has 0 aliphatic carbocycles. The molecule has 3 rings (SSSR count). The lowest BCUT2D eigenvalue weighted by Gasteiger charge is -2.15. The molecule has 6 nitrogen and oxygen atoms in total. The van der Waals surface area contributed by atoms with Gasteiger partial charge in [-0.05, 0) is 62.2 Å². The van der Waals surface area contributed by atoms with Crippen LogP contribution in [-0.2, 0) is 14.8 Å². The number of carbonyl (C=O) groups excluding carboxylic acids is 1. The molecule has 0 heterocycles. The molecule has 162 valence electrons. The van der Waals surface area contributed by atoms with E-state index in [1.54, 1.807) is 6.92 Å². The number of nitrogens with one attached hydrogen (secondary N) is 2. The van der Waals surface area contributed by atoms with Gasteiger partial charge in [-0.3, -0.25) is 4.79 Å². The fraction of sp³-hybridized carbons (Fsp3) is 0.208. The number of ether oxygens (including phenoxy) is 1. The van der Waals surface area contributed by atoms with Crippen molar-refractivity contribution in [1.29, 1.82) is 0 Å². The second-order valence-corrected chi connectivity index (χ2v) is 9.09. The maximum absolute atomic E-state index is 12.6. The van der Waals surface area contributed by atoms with Crippen molar-refractivity contribution in [1.82, 2.24) is 4.72 Å². The van der Waals surface area contributed by atoms with E-state index in [1.165, 1.54) is 24.3 Å². The van der Waals surface area contributed by atoms with Crippen LogP contribution in [0, 0.1) is 13.8 Å². The highest BCUT2D eigenvalue weighted by molar-refractivity contribution is 7.89. The Hall–Kier alpha value is -3.16. The van der Waals surface area contributed by atoms with E-state index in [9.17, 15) is 13.2 Å². The van der Waals surface area contributed by atoms with Gasteiger partial charge >= 0.3 is 0 Å². The van der Waals surface area contributed by atoms with Gasteiger partial charge in [0.1, 0.15) is 5.75 Å². The van der Waals surface area contributed by atoms with Gasteiger partial charge in [-0.1, -0.05) is 48.0 Å². The van der Waals surface area contributed by atoms with Crippen LogP contribution in [0.25, 0.3) is 0 Å². The van der Waals surface area contributed by atoms with Crippen LogP contribution in [0.4, 0.5) is 5.69 Å². The topological polar surface area (TPSA) is 84.5 Å². The molecule has 0 saturated carbocycles. The highest BCUT2D eigenvalue weighted by Crippen LogP contribution is 2.20. The number of rotatable bonds is 8. The van der Waals surface area contributed by atoms with E-state index in [0.29, 0.717) is 5.75 Å². The molecule has 2 N–H and O–H groups in total. The number of amides is 1. The number of sulfonamides is 1. The predicted octanol–water partition coefficient (Wildman–Crippen LogP) is 4.36. The van der Waals surface area contributed by atoms with Crippen LogP contribution in [0.2, 0.25) is 0 Å². The van der Waals surface area contributed by atoms with E-state index in [4.69, 9.17) is 4.74 Å². The molecule has 3 aromatic rings. The average Bonchev–Trinajstić information content (AvgIpc) is 2.75. The molecular formula is C24H26N2O4S. The zero-order valence-corrected chi connectivity index (χ0v) is 18.6. The molecule has 0 unspecified atom stereocenters. The zero-order valence-electron chi connectivity index (χ0n) is 17.8. The third-order valence-electron chi connectivity index (χ3n) is 4.79. The lowest BCUT2D eigenvalue weighted by Crippen LogP contribution is -2.26. The molecule has 0 bridgehead atoms. The Balaban J connectivity index is 1.57. The molecule has 0 radical (unpaired) electrons. The zero-order chi connectivity index (χ0) is 22.4. The van der Waals surface area contributed by atoms with Crippen LogP contribution in [0.15, 0.2) is 77.7 Å². The number of carbonyl (C=O) groups is 1. The standard InChI is InChI=1S/C24H26N2O4S/c1-17-9-14-23(18(2)15-17)25-24(27)16-30-21-10-12-22(13-11-21)31(28,29)26-19(3)20-7-5-4-6-8-20/h4-15,19,26H,16H2,1-3H3,(H,25,27)/t19-/m0/s1. The predicted molar refractivity (Wildman–Crippen MR) is 122 cm³/mol. The number of benzene rings is 3. The summed E-state index contributed by atoms with van der Waals surface area (Å²) in [5.41, 5.74) is 3.70. The van der Waals surface area contributed by atoms with Crippen molar-refractivity contribution in [3.63, 3.8) is 0 Å². The van der Waals surface area contributed by atoms with Gasteiger partial charge < -0.3 is 10.1 Å². The highest BCUT2D eigenvalue weighted by atomic mass is 32.2. The molecule has 0 saturated heterocycles. The van der Waals surface area contributed by atoms with Gasteiger partial charge in [0.2, 0.25) is 10.0 Å². The van der Waals surface area contributed by atoms with Crippen molar-refractivity contribution in [2.24, 2.45) is 0 Å². The van der Waals surface area contributed by atoms with Gasteiger partial charge in [0.15, 0.2) is 6.61 Å². The largest absolute Gasteiger partial charge is 0.484 e. The molecule has 0 fully saturated rings. The summed E-state index contributed by atoms with van der Waals surface area (Å²) >= 11 is 0. The molecule has 1 amide bonds. The van der Waals surface area contributed by atoms with Gasteiger partial charge in [-0.2, -0.15) is 0 Å². The minimum atomic E-state index is -3.69. The maximum Gasteiger partial charge on any atom is 0.262 e. The van der Waals surface area contributed by atoms with Gasteiger partial charge in [0.25, 0.3) is 5.91 Å². The van der Waals surface area contributed by atoms with E-state index >= 15 is 0 Å². The monoisotopic (exact) mass is 438 g/mol. The summed E-state index contributed by atoms with van der Waals surface area (Å²) in [6.45, 7) is 5.53. The van der Waals surface area contributed by atoms with E-state index in [1.807, 2.05) is 62.4 Å². The van der Waals surface area contributed by atoms with Crippen molar-refractivity contribution in [3.8, 4) is 5.75 Å². The SMILES string of the molecule is Cc1ccc(NC(=O)COc2ccc(S(=O)(=O)N[C@@H](C)c3ccccc3)cc2)c(C)c1. The first-order valence-corrected chi connectivity index (χ1v) is 11.4. The van der Waals surface area contributed by atoms with Gasteiger partial charge in [-0.15, -0.1) is 0 Å². The lowest BCUT2D eigenvalue weighted by molar-refractivity contribution is -0.118. The van der Waals surface area contributed by atoms with E-state index in [2.05, 4.69) is 10.0 Å². The molecule has 31 heavy (non-hydrogen) atoms. The van der Waals surface area contributed by atoms with E-state index in [-0.39, 0.29) is 23.5 Å². The van der Waals surface area contributed by atoms with Crippen molar-refractivity contribution in [2.45, 2.75) is 31.7 Å². The Morgan fingerprint density at radius 3 is 2.29 bits per heavy atom. The van der Waals surface area contributed by atoms with Crippen molar-refractivity contribution in [2.75, 3.05) is 11.9 Å². The number of aryl methyl sites for hydroxylation is 2. The van der Waals surface area contributed by atoms with Gasteiger partial charge in [0, 0.05) is 11.7 Å². The normalized spacial score (nSPS) is 12.2. The fourth-order valence-electron chi connectivity index (χ4n) is 3.11. The smallest absolute Gasteiger partial charge is 0.262 e. The summed E-state index contributed by atoms with van der Waals surface area (Å²) in [7, 11) is -3.69. The van der Waals surface area contributed by atoms with Crippen molar-refractivity contribution in [3.05, 3.63) is 89.5 Å². The Bertz CT molecular complexity index is 1140. The molecule has 0 spiro atoms. The summed E-state index contributed by atoms with van der Waals surface area (Å²) in [6.07, 6.45) is 0. The van der Waals surface area contributed by atoms with Crippen LogP contribution in [0.3, 0.4) is 0 Å². The minimum absolute atomic E-state index is 0.127. The van der Waals surface area contributed by atoms with Crippen LogP contribution >= 0.6 is 0 Å². The van der Waals surface area contributed by atoms with Gasteiger partial charge in [-0.25, -0.2) is 13.1 Å². The Kier molecular flexibility index (Phi) is 7.09. The molecule has 1 atom stereocenters. The number of hydrogen-bond acceptors (Lipinski definition) is 4. The third-order valence-corrected chi connectivity index (χ3v) is 6.35. The first-order valence-electron chi connectivity index (χ1n) is 9.92. The van der Waals surface area contributed by atoms with Crippen molar-refractivity contribution >= 4 is 21.6 Å². The molecule has 3 aromatic carbocycles. The summed E-state index contributed by atoms with van der Waals surface area (Å²) in [6, 6.07) is 20.7. The summed E-state index contributed by atoms with van der Waals surface area (Å²) in [4.78, 5) is 12.3.